The van der Waals surface area contributed by atoms with Crippen LogP contribution in [0.1, 0.15) is 25.8 Å². The van der Waals surface area contributed by atoms with Gasteiger partial charge in [0.25, 0.3) is 0 Å². The van der Waals surface area contributed by atoms with Crippen molar-refractivity contribution in [2.75, 3.05) is 0 Å². The first-order chi connectivity index (χ1) is 8.46. The molecule has 0 fully saturated rings. The van der Waals surface area contributed by atoms with Crippen LogP contribution in [-0.2, 0) is 4.74 Å². The van der Waals surface area contributed by atoms with E-state index in [0.29, 0.717) is 5.75 Å². The van der Waals surface area contributed by atoms with Crippen LogP contribution >= 0.6 is 0 Å². The molecule has 0 aromatic heterocycles. The van der Waals surface area contributed by atoms with Gasteiger partial charge in [0.1, 0.15) is 11.4 Å². The van der Waals surface area contributed by atoms with Gasteiger partial charge in [-0.2, -0.15) is 5.26 Å². The molecule has 0 bridgehead atoms. The minimum atomic E-state index is -0.854. The van der Waals surface area contributed by atoms with E-state index in [1.54, 1.807) is 44.2 Å². The normalized spacial score (nSPS) is 10.3. The third-order valence-corrected chi connectivity index (χ3v) is 2.18. The van der Waals surface area contributed by atoms with E-state index in [0.717, 1.165) is 5.56 Å². The molecule has 94 valence electrons. The van der Waals surface area contributed by atoms with Crippen LogP contribution in [0.4, 0.5) is 4.79 Å². The third kappa shape index (κ3) is 4.30. The monoisotopic (exact) mass is 245 g/mol. The SMILES string of the molecule is C=Cc1ccc(OC(=O)OC(C)(C)CC#N)cc1. The predicted molar refractivity (Wildman–Crippen MR) is 68.0 cm³/mol. The molecule has 0 aliphatic heterocycles. The number of nitriles is 1. The van der Waals surface area contributed by atoms with Crippen LogP contribution in [0.5, 0.6) is 5.75 Å². The Morgan fingerprint density at radius 1 is 1.44 bits per heavy atom. The molecule has 0 saturated carbocycles. The van der Waals surface area contributed by atoms with Crippen molar-refractivity contribution in [2.45, 2.75) is 25.9 Å². The fraction of sp³-hybridized carbons (Fsp3) is 0.286. The Labute approximate surface area is 106 Å². The molecule has 0 amide bonds. The number of carbonyl (C=O) groups excluding carboxylic acids is 1. The van der Waals surface area contributed by atoms with E-state index in [2.05, 4.69) is 6.58 Å². The van der Waals surface area contributed by atoms with Crippen molar-refractivity contribution in [3.63, 3.8) is 0 Å². The lowest BCUT2D eigenvalue weighted by atomic mass is 10.1. The Morgan fingerprint density at radius 3 is 2.56 bits per heavy atom. The Hall–Kier alpha value is -2.28. The van der Waals surface area contributed by atoms with E-state index in [1.807, 2.05) is 6.07 Å². The van der Waals surface area contributed by atoms with Gasteiger partial charge in [-0.3, -0.25) is 0 Å². The van der Waals surface area contributed by atoms with Crippen molar-refractivity contribution in [1.29, 1.82) is 5.26 Å². The van der Waals surface area contributed by atoms with Gasteiger partial charge in [-0.1, -0.05) is 24.8 Å². The summed E-state index contributed by atoms with van der Waals surface area (Å²) in [5.74, 6) is 0.387. The summed E-state index contributed by atoms with van der Waals surface area (Å²) in [5, 5.41) is 8.57. The first-order valence-electron chi connectivity index (χ1n) is 5.47. The molecule has 0 atom stereocenters. The Bertz CT molecular complexity index is 469. The number of ether oxygens (including phenoxy) is 2. The van der Waals surface area contributed by atoms with Gasteiger partial charge in [-0.15, -0.1) is 0 Å². The summed E-state index contributed by atoms with van der Waals surface area (Å²) in [4.78, 5) is 11.5. The number of hydrogen-bond acceptors (Lipinski definition) is 4. The van der Waals surface area contributed by atoms with Crippen LogP contribution in [0.3, 0.4) is 0 Å². The highest BCUT2D eigenvalue weighted by atomic mass is 16.7. The molecule has 0 aliphatic rings. The molecule has 1 rings (SSSR count). The molecule has 1 aromatic carbocycles. The predicted octanol–water partition coefficient (Wildman–Crippen LogP) is 3.54. The third-order valence-electron chi connectivity index (χ3n) is 2.18. The standard InChI is InChI=1S/C14H15NO3/c1-4-11-5-7-12(8-6-11)17-13(16)18-14(2,3)9-10-15/h4-8H,1,9H2,2-3H3. The zero-order valence-corrected chi connectivity index (χ0v) is 10.5. The van der Waals surface area contributed by atoms with E-state index in [1.165, 1.54) is 0 Å². The van der Waals surface area contributed by atoms with E-state index >= 15 is 0 Å². The number of carbonyl (C=O) groups is 1. The van der Waals surface area contributed by atoms with E-state index in [9.17, 15) is 4.79 Å². The highest BCUT2D eigenvalue weighted by molar-refractivity contribution is 5.64. The fourth-order valence-corrected chi connectivity index (χ4v) is 1.24. The van der Waals surface area contributed by atoms with Crippen LogP contribution in [-0.4, -0.2) is 11.8 Å². The summed E-state index contributed by atoms with van der Waals surface area (Å²) < 4.78 is 10.0. The lowest BCUT2D eigenvalue weighted by Gasteiger charge is -2.21. The molecule has 0 heterocycles. The minimum absolute atomic E-state index is 0.109. The van der Waals surface area contributed by atoms with Gasteiger partial charge < -0.3 is 9.47 Å². The van der Waals surface area contributed by atoms with Crippen LogP contribution in [0.15, 0.2) is 30.8 Å². The summed E-state index contributed by atoms with van der Waals surface area (Å²) in [6, 6.07) is 8.79. The molecule has 0 saturated heterocycles. The van der Waals surface area contributed by atoms with E-state index in [4.69, 9.17) is 14.7 Å². The average molecular weight is 245 g/mol. The molecule has 0 unspecified atom stereocenters. The molecule has 0 aliphatic carbocycles. The first-order valence-corrected chi connectivity index (χ1v) is 5.47. The topological polar surface area (TPSA) is 59.3 Å². The number of nitrogens with zero attached hydrogens (tertiary/aromatic N) is 1. The van der Waals surface area contributed by atoms with Crippen molar-refractivity contribution < 1.29 is 14.3 Å². The molecule has 0 N–H and O–H groups in total. The van der Waals surface area contributed by atoms with Crippen molar-refractivity contribution >= 4 is 12.2 Å². The van der Waals surface area contributed by atoms with Crippen LogP contribution in [0, 0.1) is 11.3 Å². The van der Waals surface area contributed by atoms with Crippen LogP contribution in [0.25, 0.3) is 6.08 Å². The second-order valence-corrected chi connectivity index (χ2v) is 4.32. The smallest absolute Gasteiger partial charge is 0.427 e. The highest BCUT2D eigenvalue weighted by Crippen LogP contribution is 2.17. The van der Waals surface area contributed by atoms with Crippen LogP contribution < -0.4 is 4.74 Å². The summed E-state index contributed by atoms with van der Waals surface area (Å²) in [6.45, 7) is 6.93. The summed E-state index contributed by atoms with van der Waals surface area (Å²) in [7, 11) is 0. The van der Waals surface area contributed by atoms with Gasteiger partial charge in [-0.05, 0) is 31.5 Å². The number of benzene rings is 1. The Kier molecular flexibility index (Phi) is 4.50. The summed E-state index contributed by atoms with van der Waals surface area (Å²) >= 11 is 0. The van der Waals surface area contributed by atoms with Crippen molar-refractivity contribution in [2.24, 2.45) is 0 Å². The molecule has 4 nitrogen and oxygen atoms in total. The largest absolute Gasteiger partial charge is 0.514 e. The lowest BCUT2D eigenvalue weighted by Crippen LogP contribution is -2.29. The number of rotatable bonds is 4. The molecule has 0 spiro atoms. The Balaban J connectivity index is 2.59. The quantitative estimate of drug-likeness (QED) is 0.601. The Morgan fingerprint density at radius 2 is 2.06 bits per heavy atom. The van der Waals surface area contributed by atoms with Gasteiger partial charge >= 0.3 is 6.16 Å². The van der Waals surface area contributed by atoms with Gasteiger partial charge in [0.05, 0.1) is 12.5 Å². The maximum Gasteiger partial charge on any atom is 0.514 e. The molecule has 1 aromatic rings. The van der Waals surface area contributed by atoms with E-state index in [-0.39, 0.29) is 6.42 Å². The maximum absolute atomic E-state index is 11.5. The lowest BCUT2D eigenvalue weighted by molar-refractivity contribution is 0.0121. The first kappa shape index (κ1) is 13.8. The molecule has 0 radical (unpaired) electrons. The van der Waals surface area contributed by atoms with Gasteiger partial charge in [0.15, 0.2) is 0 Å². The van der Waals surface area contributed by atoms with Crippen LogP contribution in [0.2, 0.25) is 0 Å². The summed E-state index contributed by atoms with van der Waals surface area (Å²) in [6.07, 6.45) is 0.983. The average Bonchev–Trinajstić information content (AvgIpc) is 2.28. The molecular formula is C14H15NO3. The van der Waals surface area contributed by atoms with Crippen molar-refractivity contribution in [3.05, 3.63) is 36.4 Å². The molecule has 4 heteroatoms. The van der Waals surface area contributed by atoms with E-state index < -0.39 is 11.8 Å². The maximum atomic E-state index is 11.5. The van der Waals surface area contributed by atoms with Gasteiger partial charge in [0.2, 0.25) is 0 Å². The van der Waals surface area contributed by atoms with Crippen molar-refractivity contribution in [1.82, 2.24) is 0 Å². The highest BCUT2D eigenvalue weighted by Gasteiger charge is 2.23. The van der Waals surface area contributed by atoms with Crippen molar-refractivity contribution in [3.8, 4) is 11.8 Å². The molecular weight excluding hydrogens is 230 g/mol. The van der Waals surface area contributed by atoms with Gasteiger partial charge in [0, 0.05) is 0 Å². The van der Waals surface area contributed by atoms with Gasteiger partial charge in [-0.25, -0.2) is 4.79 Å². The second kappa shape index (κ2) is 5.87. The number of hydrogen-bond donors (Lipinski definition) is 0. The summed E-state index contributed by atoms with van der Waals surface area (Å²) in [5.41, 5.74) is 0.0768. The fourth-order valence-electron chi connectivity index (χ4n) is 1.24. The molecule has 18 heavy (non-hydrogen) atoms. The second-order valence-electron chi connectivity index (χ2n) is 4.32. The minimum Gasteiger partial charge on any atom is -0.427 e. The zero-order valence-electron chi connectivity index (χ0n) is 10.5. The zero-order chi connectivity index (χ0) is 13.6.